The Balaban J connectivity index is 1.82. The van der Waals surface area contributed by atoms with Crippen LogP contribution in [0, 0.1) is 11.8 Å². The highest BCUT2D eigenvalue weighted by Crippen LogP contribution is 2.35. The predicted octanol–water partition coefficient (Wildman–Crippen LogP) is 1.68. The third kappa shape index (κ3) is 2.60. The summed E-state index contributed by atoms with van der Waals surface area (Å²) in [7, 11) is 0. The first-order chi connectivity index (χ1) is 8.54. The first-order valence-electron chi connectivity index (χ1n) is 6.84. The van der Waals surface area contributed by atoms with Crippen LogP contribution in [-0.4, -0.2) is 40.6 Å². The van der Waals surface area contributed by atoms with Crippen molar-refractivity contribution in [3.8, 4) is 0 Å². The smallest absolute Gasteiger partial charge is 0.317 e. The van der Waals surface area contributed by atoms with Gasteiger partial charge in [-0.1, -0.05) is 13.3 Å². The Labute approximate surface area is 108 Å². The van der Waals surface area contributed by atoms with Gasteiger partial charge in [-0.3, -0.25) is 4.79 Å². The largest absolute Gasteiger partial charge is 0.481 e. The zero-order valence-electron chi connectivity index (χ0n) is 11.1. The van der Waals surface area contributed by atoms with Gasteiger partial charge in [0.25, 0.3) is 0 Å². The predicted molar refractivity (Wildman–Crippen MR) is 67.2 cm³/mol. The fourth-order valence-corrected chi connectivity index (χ4v) is 2.91. The van der Waals surface area contributed by atoms with Crippen LogP contribution in [0.25, 0.3) is 0 Å². The van der Waals surface area contributed by atoms with Gasteiger partial charge in [-0.15, -0.1) is 0 Å². The molecule has 1 aliphatic heterocycles. The molecule has 1 saturated carbocycles. The third-order valence-electron chi connectivity index (χ3n) is 4.22. The maximum absolute atomic E-state index is 12.0. The lowest BCUT2D eigenvalue weighted by atomic mass is 10.0. The molecule has 1 heterocycles. The number of carbonyl (C=O) groups is 2. The van der Waals surface area contributed by atoms with E-state index in [9.17, 15) is 9.59 Å². The maximum atomic E-state index is 12.0. The molecule has 2 amide bonds. The van der Waals surface area contributed by atoms with Gasteiger partial charge in [0.05, 0.1) is 5.92 Å². The number of urea groups is 1. The number of rotatable bonds is 4. The molecule has 0 spiro atoms. The zero-order valence-corrected chi connectivity index (χ0v) is 11.1. The van der Waals surface area contributed by atoms with Crippen molar-refractivity contribution in [3.05, 3.63) is 0 Å². The Kier molecular flexibility index (Phi) is 3.78. The molecule has 4 atom stereocenters. The molecule has 5 heteroatoms. The molecule has 2 fully saturated rings. The third-order valence-corrected chi connectivity index (χ3v) is 4.22. The second-order valence-electron chi connectivity index (χ2n) is 5.51. The lowest BCUT2D eigenvalue weighted by molar-refractivity contribution is -0.142. The van der Waals surface area contributed by atoms with Crippen LogP contribution in [0.3, 0.4) is 0 Å². The van der Waals surface area contributed by atoms with E-state index in [1.165, 1.54) is 0 Å². The Bertz CT molecular complexity index is 345. The van der Waals surface area contributed by atoms with Crippen molar-refractivity contribution in [2.45, 2.75) is 51.6 Å². The van der Waals surface area contributed by atoms with E-state index in [1.54, 1.807) is 4.90 Å². The van der Waals surface area contributed by atoms with E-state index >= 15 is 0 Å². The Morgan fingerprint density at radius 1 is 1.44 bits per heavy atom. The summed E-state index contributed by atoms with van der Waals surface area (Å²) in [6.07, 6.45) is 3.95. The Morgan fingerprint density at radius 3 is 2.72 bits per heavy atom. The number of amides is 2. The highest BCUT2D eigenvalue weighted by atomic mass is 16.4. The highest BCUT2D eigenvalue weighted by Gasteiger charge is 2.42. The van der Waals surface area contributed by atoms with E-state index in [-0.39, 0.29) is 12.1 Å². The minimum Gasteiger partial charge on any atom is -0.481 e. The van der Waals surface area contributed by atoms with E-state index in [0.717, 1.165) is 19.3 Å². The number of hydrogen-bond donors (Lipinski definition) is 2. The summed E-state index contributed by atoms with van der Waals surface area (Å²) in [6, 6.07) is 0.0225. The number of hydrogen-bond acceptors (Lipinski definition) is 2. The summed E-state index contributed by atoms with van der Waals surface area (Å²) in [4.78, 5) is 24.7. The Morgan fingerprint density at radius 2 is 2.17 bits per heavy atom. The molecule has 0 aromatic carbocycles. The van der Waals surface area contributed by atoms with Gasteiger partial charge in [0, 0.05) is 18.6 Å². The summed E-state index contributed by atoms with van der Waals surface area (Å²) in [5.41, 5.74) is 0. The van der Waals surface area contributed by atoms with Crippen LogP contribution in [0.4, 0.5) is 4.79 Å². The molecule has 0 aromatic rings. The molecule has 5 nitrogen and oxygen atoms in total. The van der Waals surface area contributed by atoms with Crippen molar-refractivity contribution in [1.82, 2.24) is 10.2 Å². The van der Waals surface area contributed by atoms with Gasteiger partial charge in [-0.2, -0.15) is 0 Å². The highest BCUT2D eigenvalue weighted by molar-refractivity contribution is 5.78. The van der Waals surface area contributed by atoms with Crippen LogP contribution in [0.5, 0.6) is 0 Å². The molecule has 2 aliphatic rings. The molecular weight excluding hydrogens is 232 g/mol. The number of likely N-dealkylation sites (tertiary alicyclic amines) is 1. The summed E-state index contributed by atoms with van der Waals surface area (Å²) >= 11 is 0. The number of carboxylic acid groups (broad SMARTS) is 1. The molecule has 1 saturated heterocycles. The number of nitrogens with one attached hydrogen (secondary N) is 1. The maximum Gasteiger partial charge on any atom is 0.317 e. The molecule has 2 rings (SSSR count). The molecular formula is C13H22N2O3. The van der Waals surface area contributed by atoms with Crippen molar-refractivity contribution in [2.24, 2.45) is 11.8 Å². The first kappa shape index (κ1) is 13.2. The second kappa shape index (κ2) is 5.16. The number of carbonyl (C=O) groups excluding carboxylic acids is 1. The number of carboxylic acids is 1. The summed E-state index contributed by atoms with van der Waals surface area (Å²) in [6.45, 7) is 4.52. The molecule has 0 bridgehead atoms. The number of nitrogens with zero attached hydrogens (tertiary/aromatic N) is 1. The quantitative estimate of drug-likeness (QED) is 0.802. The van der Waals surface area contributed by atoms with Crippen LogP contribution in [0.1, 0.15) is 39.5 Å². The molecule has 1 aliphatic carbocycles. The average molecular weight is 254 g/mol. The summed E-state index contributed by atoms with van der Waals surface area (Å²) in [5, 5.41) is 12.0. The van der Waals surface area contributed by atoms with Gasteiger partial charge in [0.15, 0.2) is 0 Å². The van der Waals surface area contributed by atoms with Crippen molar-refractivity contribution < 1.29 is 14.7 Å². The second-order valence-corrected chi connectivity index (χ2v) is 5.51. The van der Waals surface area contributed by atoms with Crippen molar-refractivity contribution in [2.75, 3.05) is 6.54 Å². The fourth-order valence-electron chi connectivity index (χ4n) is 2.91. The monoisotopic (exact) mass is 254 g/mol. The fraction of sp³-hybridized carbons (Fsp3) is 0.846. The van der Waals surface area contributed by atoms with Crippen LogP contribution < -0.4 is 5.32 Å². The van der Waals surface area contributed by atoms with Gasteiger partial charge in [0.1, 0.15) is 0 Å². The first-order valence-corrected chi connectivity index (χ1v) is 6.84. The minimum atomic E-state index is -0.798. The van der Waals surface area contributed by atoms with Crippen LogP contribution in [0.15, 0.2) is 0 Å². The molecule has 0 radical (unpaired) electrons. The van der Waals surface area contributed by atoms with E-state index < -0.39 is 11.9 Å². The molecule has 4 unspecified atom stereocenters. The van der Waals surface area contributed by atoms with Crippen molar-refractivity contribution >= 4 is 12.0 Å². The van der Waals surface area contributed by atoms with Gasteiger partial charge < -0.3 is 15.3 Å². The van der Waals surface area contributed by atoms with Crippen LogP contribution in [0.2, 0.25) is 0 Å². The number of aliphatic carboxylic acids is 1. The van der Waals surface area contributed by atoms with E-state index in [4.69, 9.17) is 5.11 Å². The van der Waals surface area contributed by atoms with Gasteiger partial charge in [-0.05, 0) is 32.1 Å². The topological polar surface area (TPSA) is 69.6 Å². The molecule has 18 heavy (non-hydrogen) atoms. The zero-order chi connectivity index (χ0) is 13.3. The van der Waals surface area contributed by atoms with Gasteiger partial charge in [0.2, 0.25) is 0 Å². The van der Waals surface area contributed by atoms with Gasteiger partial charge in [-0.25, -0.2) is 4.79 Å². The lowest BCUT2D eigenvalue weighted by Gasteiger charge is -2.23. The van der Waals surface area contributed by atoms with Crippen molar-refractivity contribution in [3.63, 3.8) is 0 Å². The van der Waals surface area contributed by atoms with Gasteiger partial charge >= 0.3 is 12.0 Å². The van der Waals surface area contributed by atoms with E-state index in [2.05, 4.69) is 12.2 Å². The van der Waals surface area contributed by atoms with Crippen molar-refractivity contribution in [1.29, 1.82) is 0 Å². The molecule has 2 N–H and O–H groups in total. The molecule has 0 aromatic heterocycles. The standard InChI is InChI=1S/C13H22N2O3/c1-3-4-9-7-11(9)14-13(18)15-6-5-10(8(15)2)12(16)17/h8-11H,3-7H2,1-2H3,(H,14,18)(H,16,17). The van der Waals surface area contributed by atoms with Crippen LogP contribution in [-0.2, 0) is 4.79 Å². The summed E-state index contributed by atoms with van der Waals surface area (Å²) in [5.74, 6) is -0.582. The summed E-state index contributed by atoms with van der Waals surface area (Å²) < 4.78 is 0. The van der Waals surface area contributed by atoms with E-state index in [1.807, 2.05) is 6.92 Å². The normalized spacial score (nSPS) is 34.4. The average Bonchev–Trinajstić information content (AvgIpc) is 2.89. The molecule has 102 valence electrons. The van der Waals surface area contributed by atoms with E-state index in [0.29, 0.717) is 24.9 Å². The minimum absolute atomic E-state index is 0.0881. The Hall–Kier alpha value is -1.26. The lowest BCUT2D eigenvalue weighted by Crippen LogP contribution is -2.44. The van der Waals surface area contributed by atoms with Crippen LogP contribution >= 0.6 is 0 Å². The SMILES string of the molecule is CCCC1CC1NC(=O)N1CCC(C(=O)O)C1C.